The lowest BCUT2D eigenvalue weighted by Crippen LogP contribution is -2.12. The van der Waals surface area contributed by atoms with Crippen LogP contribution in [0.2, 0.25) is 10.2 Å². The van der Waals surface area contributed by atoms with Gasteiger partial charge in [0, 0.05) is 22.3 Å². The van der Waals surface area contributed by atoms with Crippen molar-refractivity contribution in [1.82, 2.24) is 4.98 Å². The molecular weight excluding hydrogens is 385 g/mol. The highest BCUT2D eigenvalue weighted by molar-refractivity contribution is 9.10. The molecule has 1 aromatic carbocycles. The summed E-state index contributed by atoms with van der Waals surface area (Å²) in [6, 6.07) is 5.27. The van der Waals surface area contributed by atoms with Crippen LogP contribution in [0.1, 0.15) is 10.4 Å². The molecule has 0 unspecified atom stereocenters. The van der Waals surface area contributed by atoms with Crippen LogP contribution in [-0.2, 0) is 0 Å². The third-order valence-electron chi connectivity index (χ3n) is 2.46. The molecular formula is C12H6BrCl2N3O3. The summed E-state index contributed by atoms with van der Waals surface area (Å²) < 4.78 is 0.643. The minimum atomic E-state index is -0.626. The van der Waals surface area contributed by atoms with Gasteiger partial charge in [0.05, 0.1) is 10.6 Å². The number of hydrogen-bond acceptors (Lipinski definition) is 4. The van der Waals surface area contributed by atoms with Crippen LogP contribution in [0.25, 0.3) is 0 Å². The lowest BCUT2D eigenvalue weighted by molar-refractivity contribution is -0.384. The van der Waals surface area contributed by atoms with Gasteiger partial charge in [-0.05, 0) is 34.1 Å². The third kappa shape index (κ3) is 3.69. The molecule has 0 radical (unpaired) electrons. The smallest absolute Gasteiger partial charge is 0.287 e. The van der Waals surface area contributed by atoms with Gasteiger partial charge in [-0.3, -0.25) is 14.9 Å². The number of nitro benzene ring substituents is 1. The maximum atomic E-state index is 12.1. The van der Waals surface area contributed by atoms with Crippen molar-refractivity contribution in [2.45, 2.75) is 0 Å². The zero-order valence-corrected chi connectivity index (χ0v) is 13.2. The fourth-order valence-corrected chi connectivity index (χ4v) is 2.23. The fourth-order valence-electron chi connectivity index (χ4n) is 1.50. The third-order valence-corrected chi connectivity index (χ3v) is 3.50. The SMILES string of the molecule is O=C(Nc1cc(Br)cnc1Cl)c1ccc([N+](=O)[O-])c(Cl)c1. The second kappa shape index (κ2) is 6.38. The molecule has 0 aliphatic heterocycles. The summed E-state index contributed by atoms with van der Waals surface area (Å²) in [6.45, 7) is 0. The number of carbonyl (C=O) groups is 1. The van der Waals surface area contributed by atoms with Gasteiger partial charge >= 0.3 is 0 Å². The standard InChI is InChI=1S/C12H6BrCl2N3O3/c13-7-4-9(11(15)16-5-7)17-12(19)6-1-2-10(18(20)21)8(14)3-6/h1-5H,(H,17,19). The van der Waals surface area contributed by atoms with E-state index in [9.17, 15) is 14.9 Å². The molecule has 0 saturated heterocycles. The topological polar surface area (TPSA) is 85.1 Å². The van der Waals surface area contributed by atoms with Crippen molar-refractivity contribution in [3.63, 3.8) is 0 Å². The van der Waals surface area contributed by atoms with E-state index in [1.807, 2.05) is 0 Å². The molecule has 2 aromatic rings. The Morgan fingerprint density at radius 3 is 2.67 bits per heavy atom. The first-order valence-electron chi connectivity index (χ1n) is 5.45. The Morgan fingerprint density at radius 1 is 1.33 bits per heavy atom. The Balaban J connectivity index is 2.26. The lowest BCUT2D eigenvalue weighted by Gasteiger charge is -2.07. The molecule has 9 heteroatoms. The summed E-state index contributed by atoms with van der Waals surface area (Å²) in [5.74, 6) is -0.506. The van der Waals surface area contributed by atoms with Gasteiger partial charge in [0.15, 0.2) is 5.15 Å². The van der Waals surface area contributed by atoms with Crippen molar-refractivity contribution in [3.8, 4) is 0 Å². The molecule has 0 aliphatic rings. The quantitative estimate of drug-likeness (QED) is 0.480. The van der Waals surface area contributed by atoms with E-state index in [-0.39, 0.29) is 21.4 Å². The number of amides is 1. The first kappa shape index (κ1) is 15.7. The second-order valence-electron chi connectivity index (χ2n) is 3.87. The molecule has 6 nitrogen and oxygen atoms in total. The molecule has 2 rings (SSSR count). The number of anilines is 1. The maximum absolute atomic E-state index is 12.1. The highest BCUT2D eigenvalue weighted by Gasteiger charge is 2.16. The van der Waals surface area contributed by atoms with Crippen molar-refractivity contribution in [2.75, 3.05) is 5.32 Å². The van der Waals surface area contributed by atoms with Crippen LogP contribution >= 0.6 is 39.1 Å². The van der Waals surface area contributed by atoms with Crippen LogP contribution in [-0.4, -0.2) is 15.8 Å². The van der Waals surface area contributed by atoms with Crippen molar-refractivity contribution < 1.29 is 9.72 Å². The number of carbonyl (C=O) groups excluding carboxylic acids is 1. The molecule has 0 bridgehead atoms. The van der Waals surface area contributed by atoms with E-state index in [2.05, 4.69) is 26.2 Å². The van der Waals surface area contributed by atoms with Crippen LogP contribution in [0.15, 0.2) is 34.9 Å². The number of pyridine rings is 1. The molecule has 0 atom stereocenters. The van der Waals surface area contributed by atoms with Gasteiger partial charge in [0.25, 0.3) is 11.6 Å². The van der Waals surface area contributed by atoms with Crippen molar-refractivity contribution in [2.24, 2.45) is 0 Å². The first-order valence-corrected chi connectivity index (χ1v) is 6.99. The number of nitrogens with zero attached hydrogens (tertiary/aromatic N) is 2. The Bertz CT molecular complexity index is 740. The predicted molar refractivity (Wildman–Crippen MR) is 83.0 cm³/mol. The van der Waals surface area contributed by atoms with Crippen molar-refractivity contribution in [1.29, 1.82) is 0 Å². The number of aromatic nitrogens is 1. The molecule has 1 aromatic heterocycles. The predicted octanol–water partition coefficient (Wildman–Crippen LogP) is 4.31. The number of nitrogens with one attached hydrogen (secondary N) is 1. The lowest BCUT2D eigenvalue weighted by atomic mass is 10.2. The van der Waals surface area contributed by atoms with Crippen molar-refractivity contribution in [3.05, 3.63) is 60.8 Å². The molecule has 0 fully saturated rings. The van der Waals surface area contributed by atoms with E-state index >= 15 is 0 Å². The van der Waals surface area contributed by atoms with E-state index in [4.69, 9.17) is 23.2 Å². The van der Waals surface area contributed by atoms with E-state index in [0.29, 0.717) is 10.2 Å². The molecule has 0 aliphatic carbocycles. The van der Waals surface area contributed by atoms with Gasteiger partial charge in [-0.15, -0.1) is 0 Å². The van der Waals surface area contributed by atoms with E-state index in [1.54, 1.807) is 6.07 Å². The number of nitro groups is 1. The van der Waals surface area contributed by atoms with Gasteiger partial charge in [-0.1, -0.05) is 23.2 Å². The average Bonchev–Trinajstić information content (AvgIpc) is 2.42. The summed E-state index contributed by atoms with van der Waals surface area (Å²) >= 11 is 14.8. The zero-order valence-electron chi connectivity index (χ0n) is 10.1. The normalized spacial score (nSPS) is 10.2. The van der Waals surface area contributed by atoms with E-state index in [0.717, 1.165) is 6.07 Å². The minimum Gasteiger partial charge on any atom is -0.319 e. The summed E-state index contributed by atoms with van der Waals surface area (Å²) in [4.78, 5) is 26.0. The average molecular weight is 391 g/mol. The van der Waals surface area contributed by atoms with Gasteiger partial charge in [0.1, 0.15) is 5.02 Å². The van der Waals surface area contributed by atoms with Crippen LogP contribution < -0.4 is 5.32 Å². The molecule has 1 heterocycles. The molecule has 108 valence electrons. The van der Waals surface area contributed by atoms with E-state index in [1.165, 1.54) is 18.3 Å². The van der Waals surface area contributed by atoms with Gasteiger partial charge in [0.2, 0.25) is 0 Å². The highest BCUT2D eigenvalue weighted by Crippen LogP contribution is 2.27. The molecule has 0 spiro atoms. The summed E-state index contributed by atoms with van der Waals surface area (Å²) in [6.07, 6.45) is 1.49. The Labute approximate surface area is 137 Å². The Kier molecular flexibility index (Phi) is 4.76. The minimum absolute atomic E-state index is 0.119. The monoisotopic (exact) mass is 389 g/mol. The fraction of sp³-hybridized carbons (Fsp3) is 0. The summed E-state index contributed by atoms with van der Waals surface area (Å²) in [5.41, 5.74) is 0.211. The molecule has 1 N–H and O–H groups in total. The maximum Gasteiger partial charge on any atom is 0.287 e. The summed E-state index contributed by atoms with van der Waals surface area (Å²) in [7, 11) is 0. The molecule has 1 amide bonds. The number of hydrogen-bond donors (Lipinski definition) is 1. The zero-order chi connectivity index (χ0) is 15.6. The second-order valence-corrected chi connectivity index (χ2v) is 5.55. The van der Waals surface area contributed by atoms with Gasteiger partial charge < -0.3 is 5.32 Å². The molecule has 0 saturated carbocycles. The van der Waals surface area contributed by atoms with Crippen LogP contribution in [0.3, 0.4) is 0 Å². The van der Waals surface area contributed by atoms with Crippen LogP contribution in [0.4, 0.5) is 11.4 Å². The largest absolute Gasteiger partial charge is 0.319 e. The number of halogens is 3. The van der Waals surface area contributed by atoms with E-state index < -0.39 is 10.8 Å². The Morgan fingerprint density at radius 2 is 2.05 bits per heavy atom. The number of benzene rings is 1. The molecule has 21 heavy (non-hydrogen) atoms. The van der Waals surface area contributed by atoms with Gasteiger partial charge in [-0.25, -0.2) is 4.98 Å². The highest BCUT2D eigenvalue weighted by atomic mass is 79.9. The van der Waals surface area contributed by atoms with Gasteiger partial charge in [-0.2, -0.15) is 0 Å². The van der Waals surface area contributed by atoms with Crippen LogP contribution in [0, 0.1) is 10.1 Å². The van der Waals surface area contributed by atoms with Crippen molar-refractivity contribution >= 4 is 56.4 Å². The Hall–Kier alpha value is -1.70. The van der Waals surface area contributed by atoms with Crippen LogP contribution in [0.5, 0.6) is 0 Å². The number of rotatable bonds is 3. The first-order chi connectivity index (χ1) is 9.88. The summed E-state index contributed by atoms with van der Waals surface area (Å²) in [5, 5.41) is 13.2.